The zero-order valence-electron chi connectivity index (χ0n) is 11.6. The second-order valence-electron chi connectivity index (χ2n) is 4.51. The lowest BCUT2D eigenvalue weighted by Gasteiger charge is -2.12. The molecule has 1 aromatic carbocycles. The molecule has 0 saturated carbocycles. The van der Waals surface area contributed by atoms with Crippen molar-refractivity contribution < 1.29 is 14.2 Å². The zero-order chi connectivity index (χ0) is 13.7. The molecule has 0 fully saturated rings. The van der Waals surface area contributed by atoms with Gasteiger partial charge in [-0.05, 0) is 43.5 Å². The highest BCUT2D eigenvalue weighted by Crippen LogP contribution is 2.27. The predicted octanol–water partition coefficient (Wildman–Crippen LogP) is 3.05. The Balaban J connectivity index is 2.23. The van der Waals surface area contributed by atoms with Crippen LogP contribution < -0.4 is 9.47 Å². The number of aromatic nitrogens is 1. The quantitative estimate of drug-likeness (QED) is 0.749. The van der Waals surface area contributed by atoms with Gasteiger partial charge < -0.3 is 14.2 Å². The Morgan fingerprint density at radius 1 is 1.16 bits per heavy atom. The molecule has 102 valence electrons. The Morgan fingerprint density at radius 2 is 2.00 bits per heavy atom. The fourth-order valence-corrected chi connectivity index (χ4v) is 1.78. The van der Waals surface area contributed by atoms with Crippen LogP contribution in [-0.4, -0.2) is 31.4 Å². The average Bonchev–Trinajstić information content (AvgIpc) is 2.38. The van der Waals surface area contributed by atoms with Crippen molar-refractivity contribution in [1.29, 1.82) is 0 Å². The smallest absolute Gasteiger partial charge is 0.221 e. The number of pyridine rings is 1. The average molecular weight is 261 g/mol. The summed E-state index contributed by atoms with van der Waals surface area (Å²) in [5.74, 6) is 1.49. The molecule has 4 heteroatoms. The van der Waals surface area contributed by atoms with E-state index < -0.39 is 0 Å². The molecule has 1 aromatic heterocycles. The third kappa shape index (κ3) is 3.58. The van der Waals surface area contributed by atoms with E-state index in [2.05, 4.69) is 4.98 Å². The van der Waals surface area contributed by atoms with Crippen LogP contribution in [0, 0.1) is 0 Å². The van der Waals surface area contributed by atoms with Crippen LogP contribution in [0.4, 0.5) is 0 Å². The zero-order valence-corrected chi connectivity index (χ0v) is 11.6. The predicted molar refractivity (Wildman–Crippen MR) is 74.9 cm³/mol. The fraction of sp³-hybridized carbons (Fsp3) is 0.400. The SMILES string of the molecule is COCCOc1ccc2c(OC(C)C)nccc2c1. The van der Waals surface area contributed by atoms with Crippen LogP contribution in [0.1, 0.15) is 13.8 Å². The molecule has 0 amide bonds. The number of hydrogen-bond acceptors (Lipinski definition) is 4. The van der Waals surface area contributed by atoms with Gasteiger partial charge in [0, 0.05) is 18.7 Å². The first-order valence-electron chi connectivity index (χ1n) is 6.38. The summed E-state index contributed by atoms with van der Waals surface area (Å²) in [4.78, 5) is 4.27. The van der Waals surface area contributed by atoms with E-state index in [1.54, 1.807) is 13.3 Å². The van der Waals surface area contributed by atoms with Crippen molar-refractivity contribution in [2.75, 3.05) is 20.3 Å². The fourth-order valence-electron chi connectivity index (χ4n) is 1.78. The molecule has 0 radical (unpaired) electrons. The largest absolute Gasteiger partial charge is 0.491 e. The Bertz CT molecular complexity index is 540. The lowest BCUT2D eigenvalue weighted by molar-refractivity contribution is 0.146. The molecule has 0 aliphatic rings. The number of ether oxygens (including phenoxy) is 3. The monoisotopic (exact) mass is 261 g/mol. The number of methoxy groups -OCH3 is 1. The van der Waals surface area contributed by atoms with E-state index in [-0.39, 0.29) is 6.10 Å². The summed E-state index contributed by atoms with van der Waals surface area (Å²) in [7, 11) is 1.66. The molecule has 0 saturated heterocycles. The molecule has 0 bridgehead atoms. The van der Waals surface area contributed by atoms with Gasteiger partial charge in [-0.25, -0.2) is 4.98 Å². The Labute approximate surface area is 113 Å². The van der Waals surface area contributed by atoms with E-state index in [1.165, 1.54) is 0 Å². The Kier molecular flexibility index (Phi) is 4.58. The van der Waals surface area contributed by atoms with Crippen molar-refractivity contribution in [3.8, 4) is 11.6 Å². The van der Waals surface area contributed by atoms with Gasteiger partial charge in [0.2, 0.25) is 5.88 Å². The maximum absolute atomic E-state index is 5.69. The van der Waals surface area contributed by atoms with Gasteiger partial charge in [0.05, 0.1) is 12.7 Å². The number of hydrogen-bond donors (Lipinski definition) is 0. The number of benzene rings is 1. The standard InChI is InChI=1S/C15H19NO3/c1-11(2)19-15-14-5-4-13(18-9-8-17-3)10-12(14)6-7-16-15/h4-7,10-11H,8-9H2,1-3H3. The van der Waals surface area contributed by atoms with Crippen LogP contribution in [0.25, 0.3) is 10.8 Å². The van der Waals surface area contributed by atoms with Gasteiger partial charge in [0.1, 0.15) is 12.4 Å². The van der Waals surface area contributed by atoms with Crippen LogP contribution in [0.3, 0.4) is 0 Å². The number of rotatable bonds is 6. The van der Waals surface area contributed by atoms with Gasteiger partial charge in [0.25, 0.3) is 0 Å². The maximum atomic E-state index is 5.69. The third-order valence-corrected chi connectivity index (χ3v) is 2.60. The van der Waals surface area contributed by atoms with Crippen molar-refractivity contribution in [3.63, 3.8) is 0 Å². The molecule has 2 rings (SSSR count). The van der Waals surface area contributed by atoms with E-state index in [9.17, 15) is 0 Å². The van der Waals surface area contributed by atoms with Gasteiger partial charge >= 0.3 is 0 Å². The molecule has 4 nitrogen and oxygen atoms in total. The topological polar surface area (TPSA) is 40.6 Å². The number of fused-ring (bicyclic) bond motifs is 1. The van der Waals surface area contributed by atoms with Gasteiger partial charge in [-0.3, -0.25) is 0 Å². The molecular formula is C15H19NO3. The lowest BCUT2D eigenvalue weighted by Crippen LogP contribution is -2.07. The number of nitrogens with zero attached hydrogens (tertiary/aromatic N) is 1. The Hall–Kier alpha value is -1.81. The van der Waals surface area contributed by atoms with Gasteiger partial charge in [-0.2, -0.15) is 0 Å². The molecule has 0 unspecified atom stereocenters. The van der Waals surface area contributed by atoms with Gasteiger partial charge in [-0.1, -0.05) is 0 Å². The summed E-state index contributed by atoms with van der Waals surface area (Å²) in [5, 5.41) is 2.05. The first-order chi connectivity index (χ1) is 9.20. The van der Waals surface area contributed by atoms with Crippen molar-refractivity contribution >= 4 is 10.8 Å². The van der Waals surface area contributed by atoms with E-state index in [0.29, 0.717) is 19.1 Å². The molecule has 0 spiro atoms. The summed E-state index contributed by atoms with van der Waals surface area (Å²) in [6.45, 7) is 5.10. The molecule has 0 N–H and O–H groups in total. The molecule has 0 atom stereocenters. The molecule has 0 aliphatic carbocycles. The van der Waals surface area contributed by atoms with Crippen LogP contribution in [0.5, 0.6) is 11.6 Å². The second kappa shape index (κ2) is 6.38. The molecule has 2 aromatic rings. The van der Waals surface area contributed by atoms with Crippen LogP contribution >= 0.6 is 0 Å². The molecule has 19 heavy (non-hydrogen) atoms. The van der Waals surface area contributed by atoms with E-state index >= 15 is 0 Å². The minimum Gasteiger partial charge on any atom is -0.491 e. The van der Waals surface area contributed by atoms with Crippen LogP contribution in [-0.2, 0) is 4.74 Å². The minimum atomic E-state index is 0.107. The maximum Gasteiger partial charge on any atom is 0.221 e. The first kappa shape index (κ1) is 13.6. The Morgan fingerprint density at radius 3 is 2.74 bits per heavy atom. The summed E-state index contributed by atoms with van der Waals surface area (Å²) < 4.78 is 16.2. The molecular weight excluding hydrogens is 242 g/mol. The van der Waals surface area contributed by atoms with Crippen LogP contribution in [0.15, 0.2) is 30.5 Å². The summed E-state index contributed by atoms with van der Waals surface area (Å²) in [6.07, 6.45) is 1.86. The highest BCUT2D eigenvalue weighted by atomic mass is 16.5. The van der Waals surface area contributed by atoms with E-state index in [0.717, 1.165) is 16.5 Å². The molecule has 0 aliphatic heterocycles. The minimum absolute atomic E-state index is 0.107. The van der Waals surface area contributed by atoms with Crippen molar-refractivity contribution in [1.82, 2.24) is 4.98 Å². The summed E-state index contributed by atoms with van der Waals surface area (Å²) >= 11 is 0. The normalized spacial score (nSPS) is 10.9. The van der Waals surface area contributed by atoms with Crippen LogP contribution in [0.2, 0.25) is 0 Å². The highest BCUT2D eigenvalue weighted by Gasteiger charge is 2.06. The molecule has 1 heterocycles. The van der Waals surface area contributed by atoms with Gasteiger partial charge in [0.15, 0.2) is 0 Å². The van der Waals surface area contributed by atoms with E-state index in [1.807, 2.05) is 38.1 Å². The summed E-state index contributed by atoms with van der Waals surface area (Å²) in [5.41, 5.74) is 0. The second-order valence-corrected chi connectivity index (χ2v) is 4.51. The first-order valence-corrected chi connectivity index (χ1v) is 6.38. The third-order valence-electron chi connectivity index (χ3n) is 2.60. The van der Waals surface area contributed by atoms with Gasteiger partial charge in [-0.15, -0.1) is 0 Å². The van der Waals surface area contributed by atoms with E-state index in [4.69, 9.17) is 14.2 Å². The van der Waals surface area contributed by atoms with Crippen molar-refractivity contribution in [3.05, 3.63) is 30.5 Å². The highest BCUT2D eigenvalue weighted by molar-refractivity contribution is 5.87. The van der Waals surface area contributed by atoms with Crippen molar-refractivity contribution in [2.24, 2.45) is 0 Å². The lowest BCUT2D eigenvalue weighted by atomic mass is 10.1. The van der Waals surface area contributed by atoms with Crippen molar-refractivity contribution in [2.45, 2.75) is 20.0 Å². The summed E-state index contributed by atoms with van der Waals surface area (Å²) in [6, 6.07) is 7.83.